The fourth-order valence-electron chi connectivity index (χ4n) is 1.35. The molecule has 0 saturated carbocycles. The Bertz CT molecular complexity index is 384. The topological polar surface area (TPSA) is 57.6 Å². The van der Waals surface area contributed by atoms with Gasteiger partial charge in [0.15, 0.2) is 0 Å². The molecule has 0 saturated heterocycles. The maximum Gasteiger partial charge on any atom is 0.335 e. The van der Waals surface area contributed by atoms with E-state index in [0.717, 1.165) is 6.42 Å². The molecule has 1 aromatic rings. The molecule has 0 fully saturated rings. The van der Waals surface area contributed by atoms with Gasteiger partial charge in [0.1, 0.15) is 0 Å². The number of hydrogen-bond acceptors (Lipinski definition) is 2. The summed E-state index contributed by atoms with van der Waals surface area (Å²) in [6.07, 6.45) is 1.30. The average Bonchev–Trinajstić information content (AvgIpc) is 2.28. The summed E-state index contributed by atoms with van der Waals surface area (Å²) >= 11 is 0. The monoisotopic (exact) mass is 221 g/mol. The molecule has 0 bridgehead atoms. The Morgan fingerprint density at radius 3 is 2.25 bits per heavy atom. The number of rotatable bonds is 4. The summed E-state index contributed by atoms with van der Waals surface area (Å²) in [6.45, 7) is 1.94. The zero-order valence-corrected chi connectivity index (χ0v) is 9.43. The van der Waals surface area contributed by atoms with E-state index in [0.29, 0.717) is 12.1 Å². The van der Waals surface area contributed by atoms with Crippen molar-refractivity contribution in [3.05, 3.63) is 29.8 Å². The quantitative estimate of drug-likeness (QED) is 0.847. The molecule has 0 unspecified atom stereocenters. The van der Waals surface area contributed by atoms with E-state index in [9.17, 15) is 9.59 Å². The molecule has 0 atom stereocenters. The second-order valence-electron chi connectivity index (χ2n) is 3.55. The molecule has 0 spiro atoms. The number of hydrogen-bond donors (Lipinski definition) is 1. The fraction of sp³-hybridized carbons (Fsp3) is 0.333. The Kier molecular flexibility index (Phi) is 4.05. The zero-order chi connectivity index (χ0) is 12.1. The van der Waals surface area contributed by atoms with Crippen LogP contribution in [0.1, 0.15) is 30.1 Å². The van der Waals surface area contributed by atoms with Crippen molar-refractivity contribution in [3.63, 3.8) is 0 Å². The number of anilines is 1. The molecule has 1 amide bonds. The van der Waals surface area contributed by atoms with Crippen molar-refractivity contribution in [2.24, 2.45) is 0 Å². The third-order valence-corrected chi connectivity index (χ3v) is 2.34. The van der Waals surface area contributed by atoms with E-state index in [4.69, 9.17) is 5.11 Å². The van der Waals surface area contributed by atoms with E-state index in [1.54, 1.807) is 19.2 Å². The van der Waals surface area contributed by atoms with E-state index in [-0.39, 0.29) is 11.5 Å². The van der Waals surface area contributed by atoms with E-state index in [1.807, 2.05) is 6.92 Å². The molecule has 0 aliphatic carbocycles. The highest BCUT2D eigenvalue weighted by Crippen LogP contribution is 2.15. The molecule has 0 radical (unpaired) electrons. The van der Waals surface area contributed by atoms with E-state index >= 15 is 0 Å². The Morgan fingerprint density at radius 2 is 1.81 bits per heavy atom. The summed E-state index contributed by atoms with van der Waals surface area (Å²) in [5.41, 5.74) is 0.934. The smallest absolute Gasteiger partial charge is 0.335 e. The number of benzene rings is 1. The van der Waals surface area contributed by atoms with Crippen LogP contribution in [-0.4, -0.2) is 24.0 Å². The van der Waals surface area contributed by atoms with Crippen molar-refractivity contribution in [1.29, 1.82) is 0 Å². The first-order valence-corrected chi connectivity index (χ1v) is 5.16. The molecule has 16 heavy (non-hydrogen) atoms. The summed E-state index contributed by atoms with van der Waals surface area (Å²) < 4.78 is 0. The minimum Gasteiger partial charge on any atom is -0.478 e. The molecule has 1 N–H and O–H groups in total. The van der Waals surface area contributed by atoms with Crippen molar-refractivity contribution in [2.75, 3.05) is 11.9 Å². The van der Waals surface area contributed by atoms with Crippen LogP contribution in [-0.2, 0) is 4.79 Å². The lowest BCUT2D eigenvalue weighted by Gasteiger charge is -2.16. The van der Waals surface area contributed by atoms with Crippen LogP contribution in [0, 0.1) is 0 Å². The number of carbonyl (C=O) groups is 2. The van der Waals surface area contributed by atoms with E-state index < -0.39 is 5.97 Å². The van der Waals surface area contributed by atoms with Gasteiger partial charge in [-0.3, -0.25) is 4.79 Å². The van der Waals surface area contributed by atoms with Gasteiger partial charge in [-0.05, 0) is 30.7 Å². The lowest BCUT2D eigenvalue weighted by molar-refractivity contribution is -0.118. The Labute approximate surface area is 94.5 Å². The van der Waals surface area contributed by atoms with Crippen molar-refractivity contribution in [1.82, 2.24) is 0 Å². The normalized spacial score (nSPS) is 9.88. The summed E-state index contributed by atoms with van der Waals surface area (Å²) in [5.74, 6) is -0.931. The molecule has 4 heteroatoms. The third kappa shape index (κ3) is 2.82. The highest BCUT2D eigenvalue weighted by molar-refractivity contribution is 5.94. The predicted molar refractivity (Wildman–Crippen MR) is 61.7 cm³/mol. The maximum atomic E-state index is 11.6. The number of carboxylic acid groups (broad SMARTS) is 1. The molecule has 4 nitrogen and oxygen atoms in total. The number of aromatic carboxylic acids is 1. The summed E-state index contributed by atoms with van der Waals surface area (Å²) in [6, 6.07) is 6.26. The average molecular weight is 221 g/mol. The van der Waals surface area contributed by atoms with Gasteiger partial charge in [0, 0.05) is 19.2 Å². The first-order valence-electron chi connectivity index (χ1n) is 5.16. The van der Waals surface area contributed by atoms with Gasteiger partial charge in [-0.25, -0.2) is 4.79 Å². The molecule has 0 heterocycles. The number of nitrogens with zero attached hydrogens (tertiary/aromatic N) is 1. The Balaban J connectivity index is 2.81. The van der Waals surface area contributed by atoms with Gasteiger partial charge < -0.3 is 10.0 Å². The van der Waals surface area contributed by atoms with Crippen molar-refractivity contribution in [3.8, 4) is 0 Å². The summed E-state index contributed by atoms with van der Waals surface area (Å²) in [7, 11) is 1.69. The fourth-order valence-corrected chi connectivity index (χ4v) is 1.35. The van der Waals surface area contributed by atoms with Crippen LogP contribution in [0.25, 0.3) is 0 Å². The van der Waals surface area contributed by atoms with Crippen LogP contribution in [0.2, 0.25) is 0 Å². The van der Waals surface area contributed by atoms with Crippen molar-refractivity contribution in [2.45, 2.75) is 19.8 Å². The molecule has 86 valence electrons. The minimum absolute atomic E-state index is 0.0329. The Morgan fingerprint density at radius 1 is 1.25 bits per heavy atom. The molecule has 0 aliphatic rings. The Hall–Kier alpha value is -1.84. The van der Waals surface area contributed by atoms with Crippen LogP contribution in [0.4, 0.5) is 5.69 Å². The molecular weight excluding hydrogens is 206 g/mol. The van der Waals surface area contributed by atoms with Gasteiger partial charge >= 0.3 is 5.97 Å². The number of carbonyl (C=O) groups excluding carboxylic acids is 1. The minimum atomic E-state index is -0.964. The van der Waals surface area contributed by atoms with Gasteiger partial charge in [0.05, 0.1) is 5.56 Å². The molecule has 0 aromatic heterocycles. The summed E-state index contributed by atoms with van der Waals surface area (Å²) in [4.78, 5) is 23.7. The standard InChI is InChI=1S/C12H15NO3/c1-3-4-11(14)13(2)10-7-5-9(6-8-10)12(15)16/h5-8H,3-4H2,1-2H3,(H,15,16). The van der Waals surface area contributed by atoms with Gasteiger partial charge in [-0.2, -0.15) is 0 Å². The van der Waals surface area contributed by atoms with Gasteiger partial charge in [-0.15, -0.1) is 0 Å². The second kappa shape index (κ2) is 5.30. The number of carboxylic acids is 1. The summed E-state index contributed by atoms with van der Waals surface area (Å²) in [5, 5.41) is 8.73. The van der Waals surface area contributed by atoms with E-state index in [1.165, 1.54) is 17.0 Å². The van der Waals surface area contributed by atoms with Crippen LogP contribution in [0.3, 0.4) is 0 Å². The first-order chi connectivity index (χ1) is 7.56. The molecule has 0 aliphatic heterocycles. The van der Waals surface area contributed by atoms with Crippen LogP contribution in [0.15, 0.2) is 24.3 Å². The molecular formula is C12H15NO3. The molecule has 1 aromatic carbocycles. The van der Waals surface area contributed by atoms with E-state index in [2.05, 4.69) is 0 Å². The highest BCUT2D eigenvalue weighted by Gasteiger charge is 2.10. The highest BCUT2D eigenvalue weighted by atomic mass is 16.4. The van der Waals surface area contributed by atoms with Gasteiger partial charge in [0.25, 0.3) is 0 Å². The van der Waals surface area contributed by atoms with Crippen LogP contribution < -0.4 is 4.90 Å². The van der Waals surface area contributed by atoms with Crippen LogP contribution >= 0.6 is 0 Å². The van der Waals surface area contributed by atoms with Crippen molar-refractivity contribution < 1.29 is 14.7 Å². The lowest BCUT2D eigenvalue weighted by atomic mass is 10.2. The van der Waals surface area contributed by atoms with Gasteiger partial charge in [-0.1, -0.05) is 6.92 Å². The SMILES string of the molecule is CCCC(=O)N(C)c1ccc(C(=O)O)cc1. The predicted octanol–water partition coefficient (Wildman–Crippen LogP) is 2.15. The van der Waals surface area contributed by atoms with Crippen LogP contribution in [0.5, 0.6) is 0 Å². The van der Waals surface area contributed by atoms with Crippen molar-refractivity contribution >= 4 is 17.6 Å². The lowest BCUT2D eigenvalue weighted by Crippen LogP contribution is -2.25. The third-order valence-electron chi connectivity index (χ3n) is 2.34. The number of amides is 1. The largest absolute Gasteiger partial charge is 0.478 e. The molecule has 1 rings (SSSR count). The van der Waals surface area contributed by atoms with Gasteiger partial charge in [0.2, 0.25) is 5.91 Å². The zero-order valence-electron chi connectivity index (χ0n) is 9.43. The maximum absolute atomic E-state index is 11.6. The second-order valence-corrected chi connectivity index (χ2v) is 3.55. The first kappa shape index (κ1) is 12.2.